The van der Waals surface area contributed by atoms with Crippen molar-refractivity contribution in [3.05, 3.63) is 28.2 Å². The number of aromatic nitrogens is 3. The van der Waals surface area contributed by atoms with E-state index in [1.807, 2.05) is 0 Å². The lowest BCUT2D eigenvalue weighted by atomic mass is 10.3. The summed E-state index contributed by atoms with van der Waals surface area (Å²) in [5.41, 5.74) is 0.483. The number of pyridine rings is 1. The summed E-state index contributed by atoms with van der Waals surface area (Å²) in [7, 11) is 0. The molecule has 0 saturated heterocycles. The first kappa shape index (κ1) is 12.8. The molecule has 1 fully saturated rings. The summed E-state index contributed by atoms with van der Waals surface area (Å²) in [5.74, 6) is 0.971. The van der Waals surface area contributed by atoms with Gasteiger partial charge in [-0.1, -0.05) is 28.4 Å². The molecule has 0 atom stereocenters. The van der Waals surface area contributed by atoms with Gasteiger partial charge in [-0.3, -0.25) is 0 Å². The summed E-state index contributed by atoms with van der Waals surface area (Å²) in [4.78, 5) is 8.40. The smallest absolute Gasteiger partial charge is 0.228 e. The van der Waals surface area contributed by atoms with Gasteiger partial charge in [0.1, 0.15) is 5.69 Å². The molecule has 5 nitrogen and oxygen atoms in total. The molecule has 0 aliphatic heterocycles. The fourth-order valence-electron chi connectivity index (χ4n) is 1.70. The van der Waals surface area contributed by atoms with Crippen LogP contribution in [0.15, 0.2) is 16.8 Å². The number of nitrogens with one attached hydrogen (secondary N) is 1. The number of hydrogen-bond acceptors (Lipinski definition) is 5. The first-order valence-corrected chi connectivity index (χ1v) is 6.85. The van der Waals surface area contributed by atoms with Crippen LogP contribution in [0.4, 0.5) is 0 Å². The Bertz CT molecular complexity index is 583. The van der Waals surface area contributed by atoms with Gasteiger partial charge < -0.3 is 9.84 Å². The Hall–Kier alpha value is -1.17. The minimum Gasteiger partial charge on any atom is -0.339 e. The maximum absolute atomic E-state index is 6.05. The predicted molar refractivity (Wildman–Crippen MR) is 72.3 cm³/mol. The topological polar surface area (TPSA) is 63.8 Å². The number of rotatable bonds is 5. The molecule has 7 heteroatoms. The molecule has 2 aromatic heterocycles. The van der Waals surface area contributed by atoms with Gasteiger partial charge in [-0.05, 0) is 18.9 Å². The second-order valence-corrected chi connectivity index (χ2v) is 5.32. The molecule has 19 heavy (non-hydrogen) atoms. The van der Waals surface area contributed by atoms with Crippen molar-refractivity contribution in [2.24, 2.45) is 0 Å². The average molecular weight is 299 g/mol. The molecule has 1 saturated carbocycles. The van der Waals surface area contributed by atoms with E-state index in [-0.39, 0.29) is 0 Å². The van der Waals surface area contributed by atoms with Crippen molar-refractivity contribution in [1.82, 2.24) is 20.4 Å². The molecule has 0 bridgehead atoms. The summed E-state index contributed by atoms with van der Waals surface area (Å²) in [5, 5.41) is 8.16. The van der Waals surface area contributed by atoms with Gasteiger partial charge in [-0.2, -0.15) is 4.98 Å². The molecular weight excluding hydrogens is 287 g/mol. The molecule has 1 N–H and O–H groups in total. The van der Waals surface area contributed by atoms with Gasteiger partial charge in [0, 0.05) is 25.2 Å². The Kier molecular flexibility index (Phi) is 3.68. The molecule has 100 valence electrons. The molecule has 2 heterocycles. The van der Waals surface area contributed by atoms with Crippen molar-refractivity contribution in [3.63, 3.8) is 0 Å². The van der Waals surface area contributed by atoms with Crippen LogP contribution in [0.5, 0.6) is 0 Å². The average Bonchev–Trinajstić information content (AvgIpc) is 3.07. The van der Waals surface area contributed by atoms with Crippen LogP contribution in [0.3, 0.4) is 0 Å². The van der Waals surface area contributed by atoms with Crippen LogP contribution in [-0.2, 0) is 6.42 Å². The van der Waals surface area contributed by atoms with E-state index in [1.54, 1.807) is 6.07 Å². The number of hydrogen-bond donors (Lipinski definition) is 1. The standard InChI is InChI=1S/C12H12Cl2N4O/c13-7-5-9(14)11(16-6-7)12-17-10(19-18-12)3-4-15-8-1-2-8/h5-6,8,15H,1-4H2. The Labute approximate surface area is 120 Å². The summed E-state index contributed by atoms with van der Waals surface area (Å²) in [6.07, 6.45) is 4.74. The fourth-order valence-corrected chi connectivity index (χ4v) is 2.17. The zero-order valence-electron chi connectivity index (χ0n) is 10.1. The minimum absolute atomic E-state index is 0.392. The summed E-state index contributed by atoms with van der Waals surface area (Å²) < 4.78 is 5.17. The van der Waals surface area contributed by atoms with Crippen LogP contribution in [-0.4, -0.2) is 27.7 Å². The van der Waals surface area contributed by atoms with Crippen LogP contribution in [0.25, 0.3) is 11.5 Å². The number of halogens is 2. The zero-order valence-corrected chi connectivity index (χ0v) is 11.6. The monoisotopic (exact) mass is 298 g/mol. The zero-order chi connectivity index (χ0) is 13.2. The lowest BCUT2D eigenvalue weighted by molar-refractivity contribution is 0.376. The molecule has 0 unspecified atom stereocenters. The third-order valence-corrected chi connectivity index (χ3v) is 3.33. The highest BCUT2D eigenvalue weighted by Gasteiger charge is 2.20. The highest BCUT2D eigenvalue weighted by molar-refractivity contribution is 6.35. The van der Waals surface area contributed by atoms with Crippen molar-refractivity contribution in [1.29, 1.82) is 0 Å². The van der Waals surface area contributed by atoms with Gasteiger partial charge in [0.25, 0.3) is 0 Å². The normalized spacial score (nSPS) is 14.8. The van der Waals surface area contributed by atoms with E-state index < -0.39 is 0 Å². The van der Waals surface area contributed by atoms with Crippen LogP contribution in [0, 0.1) is 0 Å². The van der Waals surface area contributed by atoms with Gasteiger partial charge in [0.2, 0.25) is 11.7 Å². The van der Waals surface area contributed by atoms with Crippen molar-refractivity contribution >= 4 is 23.2 Å². The fraction of sp³-hybridized carbons (Fsp3) is 0.417. The molecule has 3 rings (SSSR count). The maximum Gasteiger partial charge on any atom is 0.228 e. The first-order valence-electron chi connectivity index (χ1n) is 6.10. The van der Waals surface area contributed by atoms with Gasteiger partial charge in [0.05, 0.1) is 10.0 Å². The van der Waals surface area contributed by atoms with Crippen LogP contribution in [0.2, 0.25) is 10.0 Å². The lowest BCUT2D eigenvalue weighted by Crippen LogP contribution is -2.19. The molecular formula is C12H12Cl2N4O. The third kappa shape index (κ3) is 3.23. The Morgan fingerprint density at radius 3 is 2.95 bits per heavy atom. The van der Waals surface area contributed by atoms with Crippen LogP contribution < -0.4 is 5.32 Å². The Morgan fingerprint density at radius 1 is 1.37 bits per heavy atom. The SMILES string of the molecule is Clc1cnc(-c2noc(CCNC3CC3)n2)c(Cl)c1. The van der Waals surface area contributed by atoms with Gasteiger partial charge in [-0.15, -0.1) is 0 Å². The van der Waals surface area contributed by atoms with E-state index in [0.717, 1.165) is 6.54 Å². The third-order valence-electron chi connectivity index (χ3n) is 2.84. The van der Waals surface area contributed by atoms with Crippen molar-refractivity contribution in [2.75, 3.05) is 6.54 Å². The maximum atomic E-state index is 6.05. The van der Waals surface area contributed by atoms with Crippen molar-refractivity contribution in [3.8, 4) is 11.5 Å². The predicted octanol–water partition coefficient (Wildman–Crippen LogP) is 2.73. The van der Waals surface area contributed by atoms with E-state index in [1.165, 1.54) is 19.0 Å². The summed E-state index contributed by atoms with van der Waals surface area (Å²) in [6, 6.07) is 2.28. The highest BCUT2D eigenvalue weighted by atomic mass is 35.5. The highest BCUT2D eigenvalue weighted by Crippen LogP contribution is 2.25. The van der Waals surface area contributed by atoms with E-state index in [9.17, 15) is 0 Å². The van der Waals surface area contributed by atoms with Crippen LogP contribution >= 0.6 is 23.2 Å². The second kappa shape index (κ2) is 5.45. The summed E-state index contributed by atoms with van der Waals surface area (Å²) in [6.45, 7) is 0.841. The molecule has 0 radical (unpaired) electrons. The molecule has 1 aliphatic rings. The molecule has 2 aromatic rings. The van der Waals surface area contributed by atoms with Crippen molar-refractivity contribution < 1.29 is 4.52 Å². The van der Waals surface area contributed by atoms with E-state index >= 15 is 0 Å². The van der Waals surface area contributed by atoms with Gasteiger partial charge in [0.15, 0.2) is 0 Å². The Morgan fingerprint density at radius 2 is 2.21 bits per heavy atom. The largest absolute Gasteiger partial charge is 0.339 e. The first-order chi connectivity index (χ1) is 9.22. The molecule has 0 amide bonds. The van der Waals surface area contributed by atoms with Crippen LogP contribution in [0.1, 0.15) is 18.7 Å². The lowest BCUT2D eigenvalue weighted by Gasteiger charge is -1.98. The van der Waals surface area contributed by atoms with Crippen molar-refractivity contribution in [2.45, 2.75) is 25.3 Å². The van der Waals surface area contributed by atoms with E-state index in [2.05, 4.69) is 20.4 Å². The number of nitrogens with zero attached hydrogens (tertiary/aromatic N) is 3. The second-order valence-electron chi connectivity index (χ2n) is 4.47. The van der Waals surface area contributed by atoms with E-state index in [0.29, 0.717) is 39.9 Å². The molecule has 0 aromatic carbocycles. The minimum atomic E-state index is 0.392. The van der Waals surface area contributed by atoms with Gasteiger partial charge in [-0.25, -0.2) is 4.98 Å². The quantitative estimate of drug-likeness (QED) is 0.919. The Balaban J connectivity index is 1.68. The van der Waals surface area contributed by atoms with E-state index in [4.69, 9.17) is 27.7 Å². The molecule has 1 aliphatic carbocycles. The molecule has 0 spiro atoms. The summed E-state index contributed by atoms with van der Waals surface area (Å²) >= 11 is 11.8. The van der Waals surface area contributed by atoms with Gasteiger partial charge >= 0.3 is 0 Å².